The Kier molecular flexibility index (Phi) is 3.55. The first-order valence-corrected chi connectivity index (χ1v) is 5.88. The van der Waals surface area contributed by atoms with E-state index in [1.807, 2.05) is 0 Å². The summed E-state index contributed by atoms with van der Waals surface area (Å²) in [5.74, 6) is 0.438. The molecule has 0 atom stereocenters. The molecule has 8 heteroatoms. The zero-order valence-electron chi connectivity index (χ0n) is 9.83. The molecule has 0 aliphatic heterocycles. The molecule has 0 aliphatic carbocycles. The number of aromatic amines is 1. The minimum Gasteiger partial charge on any atom is -0.494 e. The van der Waals surface area contributed by atoms with Crippen LogP contribution in [0.15, 0.2) is 16.9 Å². The van der Waals surface area contributed by atoms with Gasteiger partial charge in [-0.25, -0.2) is 4.98 Å². The van der Waals surface area contributed by atoms with Crippen LogP contribution >= 0.6 is 23.2 Å². The number of ether oxygens (including phenoxy) is 1. The largest absolute Gasteiger partial charge is 0.494 e. The fraction of sp³-hybridized carbons (Fsp3) is 0.0909. The number of hydrogen-bond donors (Lipinski definition) is 3. The summed E-state index contributed by atoms with van der Waals surface area (Å²) in [6.07, 6.45) is 0. The number of methoxy groups -OCH3 is 1. The van der Waals surface area contributed by atoms with E-state index >= 15 is 0 Å². The van der Waals surface area contributed by atoms with E-state index in [0.29, 0.717) is 21.4 Å². The number of nitrogens with zero attached hydrogens (tertiary/aromatic N) is 1. The van der Waals surface area contributed by atoms with Crippen LogP contribution in [0.1, 0.15) is 0 Å². The number of hydrogen-bond acceptors (Lipinski definition) is 5. The Hall–Kier alpha value is -1.92. The zero-order chi connectivity index (χ0) is 14.2. The van der Waals surface area contributed by atoms with Crippen molar-refractivity contribution < 1.29 is 4.74 Å². The number of nitrogen functional groups attached to an aromatic ring is 2. The minimum absolute atomic E-state index is 0.0723. The van der Waals surface area contributed by atoms with Gasteiger partial charge in [0.15, 0.2) is 5.82 Å². The van der Waals surface area contributed by atoms with Crippen molar-refractivity contribution >= 4 is 34.7 Å². The number of nitrogens with one attached hydrogen (secondary N) is 1. The van der Waals surface area contributed by atoms with Crippen LogP contribution < -0.4 is 21.8 Å². The number of nitrogens with two attached hydrogens (primary N) is 2. The van der Waals surface area contributed by atoms with Crippen LogP contribution in [0.5, 0.6) is 5.75 Å². The second-order valence-electron chi connectivity index (χ2n) is 3.68. The van der Waals surface area contributed by atoms with E-state index in [9.17, 15) is 4.79 Å². The molecule has 5 N–H and O–H groups in total. The van der Waals surface area contributed by atoms with Crippen LogP contribution in [0.2, 0.25) is 10.0 Å². The van der Waals surface area contributed by atoms with Gasteiger partial charge in [-0.05, 0) is 12.1 Å². The second-order valence-corrected chi connectivity index (χ2v) is 4.53. The van der Waals surface area contributed by atoms with Crippen molar-refractivity contribution in [3.8, 4) is 17.1 Å². The summed E-state index contributed by atoms with van der Waals surface area (Å²) >= 11 is 11.9. The number of halogens is 2. The molecule has 0 bridgehead atoms. The molecular weight excluding hydrogens is 291 g/mol. The third kappa shape index (κ3) is 2.45. The topological polar surface area (TPSA) is 107 Å². The molecule has 2 rings (SSSR count). The first-order chi connectivity index (χ1) is 8.93. The van der Waals surface area contributed by atoms with Gasteiger partial charge in [-0.1, -0.05) is 23.2 Å². The number of aromatic nitrogens is 2. The molecule has 1 aromatic heterocycles. The number of anilines is 2. The van der Waals surface area contributed by atoms with Crippen molar-refractivity contribution in [1.82, 2.24) is 9.97 Å². The average molecular weight is 301 g/mol. The normalized spacial score (nSPS) is 10.5. The van der Waals surface area contributed by atoms with Crippen LogP contribution in [0, 0.1) is 0 Å². The van der Waals surface area contributed by atoms with E-state index in [1.54, 1.807) is 6.07 Å². The van der Waals surface area contributed by atoms with E-state index in [4.69, 9.17) is 39.4 Å². The Morgan fingerprint density at radius 1 is 1.32 bits per heavy atom. The van der Waals surface area contributed by atoms with Crippen LogP contribution in [-0.4, -0.2) is 17.1 Å². The summed E-state index contributed by atoms with van der Waals surface area (Å²) in [4.78, 5) is 18.1. The molecular formula is C11H10Cl2N4O2. The zero-order valence-corrected chi connectivity index (χ0v) is 11.3. The molecule has 2 aromatic rings. The highest BCUT2D eigenvalue weighted by molar-refractivity contribution is 6.36. The van der Waals surface area contributed by atoms with Crippen LogP contribution in [0.3, 0.4) is 0 Å². The molecule has 1 heterocycles. The van der Waals surface area contributed by atoms with Gasteiger partial charge >= 0.3 is 0 Å². The lowest BCUT2D eigenvalue weighted by Crippen LogP contribution is -2.17. The first kappa shape index (κ1) is 13.5. The maximum absolute atomic E-state index is 11.6. The van der Waals surface area contributed by atoms with Gasteiger partial charge in [0.2, 0.25) is 0 Å². The van der Waals surface area contributed by atoms with Gasteiger partial charge in [0.1, 0.15) is 17.3 Å². The molecule has 0 unspecified atom stereocenters. The van der Waals surface area contributed by atoms with Gasteiger partial charge in [-0.2, -0.15) is 0 Å². The van der Waals surface area contributed by atoms with E-state index in [-0.39, 0.29) is 17.3 Å². The molecule has 0 radical (unpaired) electrons. The Morgan fingerprint density at radius 3 is 2.58 bits per heavy atom. The Balaban J connectivity index is 2.75. The fourth-order valence-corrected chi connectivity index (χ4v) is 2.14. The third-order valence-corrected chi connectivity index (χ3v) is 2.95. The Labute approximate surface area is 118 Å². The van der Waals surface area contributed by atoms with Crippen LogP contribution in [-0.2, 0) is 0 Å². The van der Waals surface area contributed by atoms with Gasteiger partial charge in [-0.3, -0.25) is 4.79 Å². The predicted molar refractivity (Wildman–Crippen MR) is 75.7 cm³/mol. The summed E-state index contributed by atoms with van der Waals surface area (Å²) < 4.78 is 5.17. The minimum atomic E-state index is -0.541. The lowest BCUT2D eigenvalue weighted by Gasteiger charge is -2.11. The summed E-state index contributed by atoms with van der Waals surface area (Å²) in [5.41, 5.74) is 10.7. The van der Waals surface area contributed by atoms with Gasteiger partial charge in [0.25, 0.3) is 5.56 Å². The van der Waals surface area contributed by atoms with Gasteiger partial charge < -0.3 is 21.2 Å². The first-order valence-electron chi connectivity index (χ1n) is 5.12. The standard InChI is InChI=1S/C11H10Cl2N4O2/c1-19-8-5(2-4(12)3-6(8)13)10-16-9(15)7(14)11(18)17-10/h2-3H,14H2,1H3,(H3,15,16,17,18). The molecule has 1 aromatic carbocycles. The van der Waals surface area contributed by atoms with E-state index in [1.165, 1.54) is 13.2 Å². The smallest absolute Gasteiger partial charge is 0.276 e. The Bertz CT molecular complexity index is 700. The predicted octanol–water partition coefficient (Wildman–Crippen LogP) is 1.92. The van der Waals surface area contributed by atoms with E-state index < -0.39 is 5.56 Å². The van der Waals surface area contributed by atoms with Gasteiger partial charge in [0, 0.05) is 5.02 Å². The molecule has 6 nitrogen and oxygen atoms in total. The van der Waals surface area contributed by atoms with Crippen LogP contribution in [0.4, 0.5) is 11.5 Å². The fourth-order valence-electron chi connectivity index (χ4n) is 1.57. The lowest BCUT2D eigenvalue weighted by molar-refractivity contribution is 0.416. The van der Waals surface area contributed by atoms with Crippen molar-refractivity contribution in [3.05, 3.63) is 32.5 Å². The quantitative estimate of drug-likeness (QED) is 0.785. The molecule has 19 heavy (non-hydrogen) atoms. The van der Waals surface area contributed by atoms with Crippen molar-refractivity contribution in [2.75, 3.05) is 18.6 Å². The number of H-pyrrole nitrogens is 1. The van der Waals surface area contributed by atoms with Gasteiger partial charge in [-0.15, -0.1) is 0 Å². The highest BCUT2D eigenvalue weighted by Crippen LogP contribution is 2.37. The molecule has 0 amide bonds. The maximum atomic E-state index is 11.6. The summed E-state index contributed by atoms with van der Waals surface area (Å²) in [7, 11) is 1.44. The summed E-state index contributed by atoms with van der Waals surface area (Å²) in [6.45, 7) is 0. The molecule has 0 saturated heterocycles. The average Bonchev–Trinajstić information content (AvgIpc) is 2.34. The van der Waals surface area contributed by atoms with Crippen molar-refractivity contribution in [3.63, 3.8) is 0 Å². The second kappa shape index (κ2) is 4.99. The molecule has 100 valence electrons. The van der Waals surface area contributed by atoms with Crippen LogP contribution in [0.25, 0.3) is 11.4 Å². The molecule has 0 aliphatic rings. The maximum Gasteiger partial charge on any atom is 0.276 e. The molecule has 0 spiro atoms. The highest BCUT2D eigenvalue weighted by atomic mass is 35.5. The van der Waals surface area contributed by atoms with E-state index in [0.717, 1.165) is 0 Å². The van der Waals surface area contributed by atoms with Gasteiger partial charge in [0.05, 0.1) is 17.7 Å². The SMILES string of the molecule is COc1c(Cl)cc(Cl)cc1-c1nc(N)c(N)c(=O)[nH]1. The van der Waals surface area contributed by atoms with Crippen molar-refractivity contribution in [2.45, 2.75) is 0 Å². The lowest BCUT2D eigenvalue weighted by atomic mass is 10.2. The third-order valence-electron chi connectivity index (χ3n) is 2.45. The molecule has 0 fully saturated rings. The van der Waals surface area contributed by atoms with Crippen molar-refractivity contribution in [1.29, 1.82) is 0 Å². The van der Waals surface area contributed by atoms with Crippen molar-refractivity contribution in [2.24, 2.45) is 0 Å². The highest BCUT2D eigenvalue weighted by Gasteiger charge is 2.15. The molecule has 0 saturated carbocycles. The Morgan fingerprint density at radius 2 is 2.00 bits per heavy atom. The number of rotatable bonds is 2. The number of benzene rings is 1. The monoisotopic (exact) mass is 300 g/mol. The van der Waals surface area contributed by atoms with E-state index in [2.05, 4.69) is 9.97 Å². The summed E-state index contributed by atoms with van der Waals surface area (Å²) in [5, 5.41) is 0.668. The summed E-state index contributed by atoms with van der Waals surface area (Å²) in [6, 6.07) is 3.07.